The molecular formula is C14H19F2N. The van der Waals surface area contributed by atoms with E-state index in [1.807, 2.05) is 6.92 Å². The molecule has 0 radical (unpaired) electrons. The Morgan fingerprint density at radius 2 is 1.94 bits per heavy atom. The van der Waals surface area contributed by atoms with Crippen LogP contribution in [0, 0.1) is 17.6 Å². The van der Waals surface area contributed by atoms with E-state index in [9.17, 15) is 8.78 Å². The highest BCUT2D eigenvalue weighted by atomic mass is 19.1. The molecule has 1 aromatic rings. The number of rotatable bonds is 5. The maximum Gasteiger partial charge on any atom is 0.129 e. The van der Waals surface area contributed by atoms with Gasteiger partial charge >= 0.3 is 0 Å². The Balaban J connectivity index is 1.86. The molecule has 94 valence electrons. The molecule has 1 aromatic carbocycles. The third kappa shape index (κ3) is 3.25. The lowest BCUT2D eigenvalue weighted by Crippen LogP contribution is -2.35. The molecule has 1 saturated carbocycles. The highest BCUT2D eigenvalue weighted by molar-refractivity contribution is 5.20. The van der Waals surface area contributed by atoms with Gasteiger partial charge in [-0.1, -0.05) is 12.5 Å². The van der Waals surface area contributed by atoms with Crippen LogP contribution >= 0.6 is 0 Å². The fourth-order valence-corrected chi connectivity index (χ4v) is 2.17. The summed E-state index contributed by atoms with van der Waals surface area (Å²) in [6.07, 6.45) is 4.30. The highest BCUT2D eigenvalue weighted by Crippen LogP contribution is 2.25. The van der Waals surface area contributed by atoms with Crippen molar-refractivity contribution >= 4 is 0 Å². The predicted octanol–water partition coefficient (Wildman–Crippen LogP) is 3.29. The molecule has 0 amide bonds. The summed E-state index contributed by atoms with van der Waals surface area (Å²) >= 11 is 0. The van der Waals surface area contributed by atoms with Crippen LogP contribution in [0.3, 0.4) is 0 Å². The molecular weight excluding hydrogens is 220 g/mol. The van der Waals surface area contributed by atoms with Crippen LogP contribution in [0.25, 0.3) is 0 Å². The average molecular weight is 239 g/mol. The summed E-state index contributed by atoms with van der Waals surface area (Å²) in [5.74, 6) is -0.118. The molecule has 1 aliphatic rings. The first-order valence-electron chi connectivity index (χ1n) is 6.33. The molecule has 0 aromatic heterocycles. The Bertz CT molecular complexity index is 354. The van der Waals surface area contributed by atoms with Crippen LogP contribution in [-0.2, 0) is 6.42 Å². The molecule has 0 saturated heterocycles. The van der Waals surface area contributed by atoms with E-state index in [0.717, 1.165) is 12.5 Å². The van der Waals surface area contributed by atoms with Crippen LogP contribution < -0.4 is 5.32 Å². The van der Waals surface area contributed by atoms with Crippen LogP contribution in [0.2, 0.25) is 0 Å². The minimum Gasteiger partial charge on any atom is -0.314 e. The summed E-state index contributed by atoms with van der Waals surface area (Å²) in [6.45, 7) is 2.95. The van der Waals surface area contributed by atoms with Gasteiger partial charge in [-0.2, -0.15) is 0 Å². The van der Waals surface area contributed by atoms with Crippen molar-refractivity contribution in [3.8, 4) is 0 Å². The number of hydrogen-bond acceptors (Lipinski definition) is 1. The lowest BCUT2D eigenvalue weighted by atomic mass is 9.85. The Morgan fingerprint density at radius 3 is 2.47 bits per heavy atom. The summed E-state index contributed by atoms with van der Waals surface area (Å²) in [5.41, 5.74) is 0.195. The zero-order valence-electron chi connectivity index (χ0n) is 10.2. The van der Waals surface area contributed by atoms with E-state index in [1.165, 1.54) is 37.5 Å². The van der Waals surface area contributed by atoms with Gasteiger partial charge in [0.25, 0.3) is 0 Å². The van der Waals surface area contributed by atoms with Crippen LogP contribution in [0.5, 0.6) is 0 Å². The van der Waals surface area contributed by atoms with Crippen molar-refractivity contribution in [1.29, 1.82) is 0 Å². The quantitative estimate of drug-likeness (QED) is 0.831. The summed E-state index contributed by atoms with van der Waals surface area (Å²) < 4.78 is 26.8. The molecule has 0 bridgehead atoms. The van der Waals surface area contributed by atoms with Crippen molar-refractivity contribution < 1.29 is 8.78 Å². The summed E-state index contributed by atoms with van der Waals surface area (Å²) in [5, 5.41) is 3.35. The minimum absolute atomic E-state index is 0.113. The molecule has 1 fully saturated rings. The summed E-state index contributed by atoms with van der Waals surface area (Å²) in [6, 6.07) is 4.15. The third-order valence-corrected chi connectivity index (χ3v) is 3.55. The van der Waals surface area contributed by atoms with Gasteiger partial charge in [0.1, 0.15) is 11.6 Å². The molecule has 3 heteroatoms. The number of benzene rings is 1. The zero-order chi connectivity index (χ0) is 12.3. The van der Waals surface area contributed by atoms with Crippen LogP contribution in [0.4, 0.5) is 8.78 Å². The van der Waals surface area contributed by atoms with Crippen molar-refractivity contribution in [2.24, 2.45) is 5.92 Å². The van der Waals surface area contributed by atoms with E-state index in [-0.39, 0.29) is 11.6 Å². The van der Waals surface area contributed by atoms with Gasteiger partial charge in [0, 0.05) is 11.6 Å². The van der Waals surface area contributed by atoms with E-state index < -0.39 is 11.6 Å². The van der Waals surface area contributed by atoms with E-state index in [1.54, 1.807) is 0 Å². The van der Waals surface area contributed by atoms with E-state index in [4.69, 9.17) is 0 Å². The Hall–Kier alpha value is -0.960. The van der Waals surface area contributed by atoms with E-state index in [2.05, 4.69) is 5.32 Å². The van der Waals surface area contributed by atoms with Gasteiger partial charge in [-0.3, -0.25) is 0 Å². The second-order valence-corrected chi connectivity index (χ2v) is 5.01. The normalized spacial score (nSPS) is 17.8. The van der Waals surface area contributed by atoms with Crippen LogP contribution in [0.1, 0.15) is 31.7 Å². The second-order valence-electron chi connectivity index (χ2n) is 5.01. The van der Waals surface area contributed by atoms with Gasteiger partial charge in [0.15, 0.2) is 0 Å². The van der Waals surface area contributed by atoms with Crippen molar-refractivity contribution in [3.63, 3.8) is 0 Å². The van der Waals surface area contributed by atoms with Crippen LogP contribution in [0.15, 0.2) is 18.2 Å². The molecule has 1 N–H and O–H groups in total. The Labute approximate surface area is 101 Å². The highest BCUT2D eigenvalue weighted by Gasteiger charge is 2.18. The number of hydrogen-bond donors (Lipinski definition) is 1. The Morgan fingerprint density at radius 1 is 1.29 bits per heavy atom. The molecule has 1 nitrogen and oxygen atoms in total. The standard InChI is InChI=1S/C14H19F2N/c1-10(17-9-11-4-2-5-11)8-12-13(15)6-3-7-14(12)16/h3,6-7,10-11,17H,2,4-5,8-9H2,1H3. The first-order chi connectivity index (χ1) is 8.16. The monoisotopic (exact) mass is 239 g/mol. The lowest BCUT2D eigenvalue weighted by Gasteiger charge is -2.27. The zero-order valence-corrected chi connectivity index (χ0v) is 10.2. The third-order valence-electron chi connectivity index (χ3n) is 3.55. The Kier molecular flexibility index (Phi) is 4.11. The topological polar surface area (TPSA) is 12.0 Å². The van der Waals surface area contributed by atoms with Crippen LogP contribution in [-0.4, -0.2) is 12.6 Å². The molecule has 1 atom stereocenters. The SMILES string of the molecule is CC(Cc1c(F)cccc1F)NCC1CCC1. The van der Waals surface area contributed by atoms with Gasteiger partial charge < -0.3 is 5.32 Å². The van der Waals surface area contributed by atoms with Gasteiger partial charge in [-0.05, 0) is 50.8 Å². The maximum atomic E-state index is 13.4. The maximum absolute atomic E-state index is 13.4. The fourth-order valence-electron chi connectivity index (χ4n) is 2.17. The molecule has 0 heterocycles. The largest absolute Gasteiger partial charge is 0.314 e. The molecule has 0 spiro atoms. The first-order valence-corrected chi connectivity index (χ1v) is 6.33. The van der Waals surface area contributed by atoms with Crippen molar-refractivity contribution in [1.82, 2.24) is 5.32 Å². The average Bonchev–Trinajstić information content (AvgIpc) is 2.21. The lowest BCUT2D eigenvalue weighted by molar-refractivity contribution is 0.290. The van der Waals surface area contributed by atoms with Crippen molar-refractivity contribution in [3.05, 3.63) is 35.4 Å². The molecule has 17 heavy (non-hydrogen) atoms. The predicted molar refractivity (Wildman–Crippen MR) is 64.9 cm³/mol. The number of halogens is 2. The van der Waals surface area contributed by atoms with Crippen molar-refractivity contribution in [2.45, 2.75) is 38.6 Å². The first kappa shape index (κ1) is 12.5. The molecule has 2 rings (SSSR count). The summed E-state index contributed by atoms with van der Waals surface area (Å²) in [7, 11) is 0. The summed E-state index contributed by atoms with van der Waals surface area (Å²) in [4.78, 5) is 0. The second kappa shape index (κ2) is 5.58. The minimum atomic E-state index is -0.442. The molecule has 1 aliphatic carbocycles. The van der Waals surface area contributed by atoms with E-state index in [0.29, 0.717) is 6.42 Å². The van der Waals surface area contributed by atoms with Crippen molar-refractivity contribution in [2.75, 3.05) is 6.54 Å². The number of nitrogens with one attached hydrogen (secondary N) is 1. The van der Waals surface area contributed by atoms with E-state index >= 15 is 0 Å². The smallest absolute Gasteiger partial charge is 0.129 e. The van der Waals surface area contributed by atoms with Gasteiger partial charge in [-0.15, -0.1) is 0 Å². The molecule has 1 unspecified atom stereocenters. The molecule has 0 aliphatic heterocycles. The van der Waals surface area contributed by atoms with Gasteiger partial charge in [0.2, 0.25) is 0 Å². The fraction of sp³-hybridized carbons (Fsp3) is 0.571. The van der Waals surface area contributed by atoms with Gasteiger partial charge in [0.05, 0.1) is 0 Å². The van der Waals surface area contributed by atoms with Gasteiger partial charge in [-0.25, -0.2) is 8.78 Å².